The molecule has 0 aromatic heterocycles. The van der Waals surface area contributed by atoms with Crippen molar-refractivity contribution in [3.63, 3.8) is 0 Å². The predicted molar refractivity (Wildman–Crippen MR) is 106 cm³/mol. The van der Waals surface area contributed by atoms with Gasteiger partial charge in [0.2, 0.25) is 0 Å². The SMILES string of the molecule is CC(C)(C)[Si](C)(C)N=S(C)(=O)NCCCCC(=O)c1ccccc1. The van der Waals surface area contributed by atoms with Gasteiger partial charge in [-0.2, -0.15) is 0 Å². The Morgan fingerprint density at radius 2 is 1.75 bits per heavy atom. The van der Waals surface area contributed by atoms with E-state index in [0.717, 1.165) is 18.4 Å². The molecule has 1 rings (SSSR count). The number of Topliss-reactive ketones (excluding diaryl/α,β-unsaturated/α-hetero) is 1. The summed E-state index contributed by atoms with van der Waals surface area (Å²) in [5, 5.41) is 0.0788. The average Bonchev–Trinajstić information content (AvgIpc) is 2.45. The quantitative estimate of drug-likeness (QED) is 0.412. The summed E-state index contributed by atoms with van der Waals surface area (Å²) >= 11 is 0. The van der Waals surface area contributed by atoms with Gasteiger partial charge < -0.3 is 0 Å². The second kappa shape index (κ2) is 8.40. The normalized spacial score (nSPS) is 14.9. The Bertz CT molecular complexity index is 657. The smallest absolute Gasteiger partial charge is 0.194 e. The molecule has 0 amide bonds. The molecule has 1 aromatic carbocycles. The maximum absolute atomic E-state index is 12.7. The molecule has 0 aliphatic rings. The Morgan fingerprint density at radius 1 is 1.17 bits per heavy atom. The van der Waals surface area contributed by atoms with Crippen molar-refractivity contribution < 1.29 is 9.00 Å². The number of ketones is 1. The molecule has 1 unspecified atom stereocenters. The third-order valence-electron chi connectivity index (χ3n) is 4.53. The van der Waals surface area contributed by atoms with Gasteiger partial charge in [-0.1, -0.05) is 51.1 Å². The van der Waals surface area contributed by atoms with Crippen LogP contribution in [0.2, 0.25) is 18.1 Å². The minimum atomic E-state index is -2.37. The Hall–Kier alpha value is -0.983. The van der Waals surface area contributed by atoms with Gasteiger partial charge in [0.1, 0.15) is 0 Å². The molecule has 0 saturated carbocycles. The van der Waals surface area contributed by atoms with Crippen molar-refractivity contribution in [3.05, 3.63) is 35.9 Å². The highest BCUT2D eigenvalue weighted by molar-refractivity contribution is 7.91. The molecular weight excluding hydrogens is 336 g/mol. The Kier molecular flexibility index (Phi) is 7.37. The molecule has 0 aliphatic heterocycles. The lowest BCUT2D eigenvalue weighted by Crippen LogP contribution is -2.38. The van der Waals surface area contributed by atoms with Crippen LogP contribution in [0.4, 0.5) is 0 Å². The number of carbonyl (C=O) groups is 1. The van der Waals surface area contributed by atoms with Crippen LogP contribution < -0.4 is 4.72 Å². The monoisotopic (exact) mass is 368 g/mol. The van der Waals surface area contributed by atoms with E-state index < -0.39 is 18.2 Å². The molecule has 0 bridgehead atoms. The molecule has 6 heteroatoms. The largest absolute Gasteiger partial charge is 0.294 e. The van der Waals surface area contributed by atoms with Crippen LogP contribution in [0, 0.1) is 0 Å². The van der Waals surface area contributed by atoms with Crippen LogP contribution in [0.3, 0.4) is 0 Å². The van der Waals surface area contributed by atoms with Crippen LogP contribution in [0.1, 0.15) is 50.4 Å². The number of rotatable bonds is 8. The highest BCUT2D eigenvalue weighted by Gasteiger charge is 2.36. The highest BCUT2D eigenvalue weighted by Crippen LogP contribution is 2.37. The molecule has 4 nitrogen and oxygen atoms in total. The van der Waals surface area contributed by atoms with E-state index in [1.54, 1.807) is 6.26 Å². The molecule has 0 radical (unpaired) electrons. The Balaban J connectivity index is 2.44. The molecule has 24 heavy (non-hydrogen) atoms. The van der Waals surface area contributed by atoms with E-state index in [-0.39, 0.29) is 10.8 Å². The highest BCUT2D eigenvalue weighted by atomic mass is 32.2. The first-order chi connectivity index (χ1) is 10.9. The number of carbonyl (C=O) groups excluding carboxylic acids is 1. The maximum atomic E-state index is 12.7. The molecule has 1 atom stereocenters. The van der Waals surface area contributed by atoms with Crippen LogP contribution in [-0.4, -0.2) is 31.0 Å². The topological polar surface area (TPSA) is 58.5 Å². The van der Waals surface area contributed by atoms with Crippen LogP contribution in [0.5, 0.6) is 0 Å². The summed E-state index contributed by atoms with van der Waals surface area (Å²) in [6.45, 7) is 11.4. The Morgan fingerprint density at radius 3 is 2.29 bits per heavy atom. The van der Waals surface area contributed by atoms with Gasteiger partial charge in [-0.3, -0.25) is 8.82 Å². The lowest BCUT2D eigenvalue weighted by atomic mass is 10.1. The van der Waals surface area contributed by atoms with Crippen LogP contribution >= 0.6 is 0 Å². The lowest BCUT2D eigenvalue weighted by Gasteiger charge is -2.33. The fourth-order valence-electron chi connectivity index (χ4n) is 2.05. The second-order valence-electron chi connectivity index (χ2n) is 7.84. The van der Waals surface area contributed by atoms with E-state index in [9.17, 15) is 9.00 Å². The summed E-state index contributed by atoms with van der Waals surface area (Å²) in [6, 6.07) is 9.35. The van der Waals surface area contributed by atoms with Crippen molar-refractivity contribution in [2.75, 3.05) is 12.8 Å². The van der Waals surface area contributed by atoms with Crippen molar-refractivity contribution in [2.45, 2.75) is 58.2 Å². The summed E-state index contributed by atoms with van der Waals surface area (Å²) in [6.07, 6.45) is 3.81. The van der Waals surface area contributed by atoms with Gasteiger partial charge in [0.25, 0.3) is 0 Å². The minimum absolute atomic E-state index is 0.0788. The molecule has 0 spiro atoms. The van der Waals surface area contributed by atoms with E-state index in [0.29, 0.717) is 13.0 Å². The van der Waals surface area contributed by atoms with Crippen molar-refractivity contribution in [2.24, 2.45) is 4.03 Å². The first-order valence-corrected chi connectivity index (χ1v) is 13.4. The van der Waals surface area contributed by atoms with Crippen molar-refractivity contribution in [1.82, 2.24) is 4.72 Å². The van der Waals surface area contributed by atoms with Crippen molar-refractivity contribution >= 4 is 23.9 Å². The average molecular weight is 369 g/mol. The number of unbranched alkanes of at least 4 members (excludes halogenated alkanes) is 1. The van der Waals surface area contributed by atoms with Gasteiger partial charge in [-0.25, -0.2) is 8.93 Å². The molecule has 0 heterocycles. The molecule has 0 aliphatic carbocycles. The van der Waals surface area contributed by atoms with Crippen LogP contribution in [0.15, 0.2) is 34.4 Å². The van der Waals surface area contributed by atoms with Gasteiger partial charge in [-0.05, 0) is 31.0 Å². The Labute approximate surface area is 148 Å². The predicted octanol–water partition coefficient (Wildman–Crippen LogP) is 4.65. The molecule has 1 aromatic rings. The zero-order chi connectivity index (χ0) is 18.4. The number of benzene rings is 1. The number of hydrogen-bond acceptors (Lipinski definition) is 3. The van der Waals surface area contributed by atoms with Gasteiger partial charge in [0.05, 0.1) is 9.92 Å². The van der Waals surface area contributed by atoms with E-state index in [4.69, 9.17) is 0 Å². The second-order valence-corrected chi connectivity index (χ2v) is 15.1. The third kappa shape index (κ3) is 6.87. The van der Waals surface area contributed by atoms with Gasteiger partial charge in [0, 0.05) is 24.8 Å². The van der Waals surface area contributed by atoms with Crippen LogP contribution in [0.25, 0.3) is 0 Å². The zero-order valence-electron chi connectivity index (χ0n) is 15.9. The number of nitrogens with zero attached hydrogens (tertiary/aromatic N) is 1. The molecule has 0 fully saturated rings. The van der Waals surface area contributed by atoms with Gasteiger partial charge in [-0.15, -0.1) is 0 Å². The number of nitrogens with one attached hydrogen (secondary N) is 1. The summed E-state index contributed by atoms with van der Waals surface area (Å²) in [4.78, 5) is 12.0. The number of hydrogen-bond donors (Lipinski definition) is 1. The van der Waals surface area contributed by atoms with E-state index in [2.05, 4.69) is 42.6 Å². The lowest BCUT2D eigenvalue weighted by molar-refractivity contribution is 0.0979. The fourth-order valence-corrected chi connectivity index (χ4v) is 7.41. The maximum Gasteiger partial charge on any atom is 0.194 e. The van der Waals surface area contributed by atoms with Crippen molar-refractivity contribution in [3.8, 4) is 0 Å². The first kappa shape index (κ1) is 21.1. The molecule has 1 N–H and O–H groups in total. The summed E-state index contributed by atoms with van der Waals surface area (Å²) in [7, 11) is -4.31. The summed E-state index contributed by atoms with van der Waals surface area (Å²) in [5.41, 5.74) is 0.762. The molecule has 136 valence electrons. The minimum Gasteiger partial charge on any atom is -0.294 e. The van der Waals surface area contributed by atoms with E-state index in [1.807, 2.05) is 30.3 Å². The standard InChI is InChI=1S/C18H32N2O2SSi/c1-18(2,3)24(5,6)20-23(4,22)19-15-11-10-14-17(21)16-12-8-7-9-13-16/h7-9,12-13H,10-11,14-15H2,1-6H3,(H,19,20,22). The van der Waals surface area contributed by atoms with Crippen molar-refractivity contribution in [1.29, 1.82) is 0 Å². The third-order valence-corrected chi connectivity index (χ3v) is 12.2. The first-order valence-electron chi connectivity index (χ1n) is 8.51. The summed E-state index contributed by atoms with van der Waals surface area (Å²) in [5.74, 6) is 0.166. The van der Waals surface area contributed by atoms with Gasteiger partial charge >= 0.3 is 0 Å². The fraction of sp³-hybridized carbons (Fsp3) is 0.611. The van der Waals surface area contributed by atoms with Crippen LogP contribution in [-0.2, 0) is 9.92 Å². The zero-order valence-corrected chi connectivity index (χ0v) is 17.7. The molecular formula is C18H32N2O2SSi. The van der Waals surface area contributed by atoms with Gasteiger partial charge in [0.15, 0.2) is 14.0 Å². The molecule has 0 saturated heterocycles. The summed E-state index contributed by atoms with van der Waals surface area (Å²) < 4.78 is 20.4. The van der Waals surface area contributed by atoms with E-state index in [1.165, 1.54) is 0 Å². The van der Waals surface area contributed by atoms with E-state index >= 15 is 0 Å².